The van der Waals surface area contributed by atoms with Crippen LogP contribution in [0.25, 0.3) is 11.0 Å². The normalized spacial score (nSPS) is 14.9. The van der Waals surface area contributed by atoms with Crippen LogP contribution in [0.1, 0.15) is 55.6 Å². The van der Waals surface area contributed by atoms with Crippen LogP contribution in [-0.2, 0) is 11.2 Å². The van der Waals surface area contributed by atoms with E-state index in [1.165, 1.54) is 11.0 Å². The van der Waals surface area contributed by atoms with Gasteiger partial charge in [-0.15, -0.1) is 0 Å². The highest BCUT2D eigenvalue weighted by molar-refractivity contribution is 7.17. The molecule has 4 aromatic rings. The van der Waals surface area contributed by atoms with E-state index in [9.17, 15) is 14.4 Å². The van der Waals surface area contributed by atoms with Crippen LogP contribution in [0.15, 0.2) is 70.4 Å². The van der Waals surface area contributed by atoms with Gasteiger partial charge in [-0.2, -0.15) is 0 Å². The molecule has 35 heavy (non-hydrogen) atoms. The summed E-state index contributed by atoms with van der Waals surface area (Å²) in [4.78, 5) is 46.1. The Morgan fingerprint density at radius 3 is 2.66 bits per heavy atom. The number of hydrogen-bond donors (Lipinski definition) is 0. The average molecular weight is 487 g/mol. The van der Waals surface area contributed by atoms with Gasteiger partial charge in [-0.05, 0) is 36.6 Å². The number of aromatic nitrogens is 1. The van der Waals surface area contributed by atoms with E-state index in [-0.39, 0.29) is 33.4 Å². The molecule has 8 heteroatoms. The molecule has 176 valence electrons. The zero-order valence-electron chi connectivity index (χ0n) is 19.2. The lowest BCUT2D eigenvalue weighted by Crippen LogP contribution is -2.29. The van der Waals surface area contributed by atoms with E-state index in [2.05, 4.69) is 18.5 Å². The molecule has 0 fully saturated rings. The molecule has 0 saturated carbocycles. The molecular formula is C27H22N2O5S. The number of fused-ring (bicyclic) bond motifs is 2. The highest BCUT2D eigenvalue weighted by atomic mass is 32.1. The van der Waals surface area contributed by atoms with Crippen LogP contribution in [0.3, 0.4) is 0 Å². The standard InChI is InChI=1S/C27H22N2O5S/c1-4-14-33-26(32)24-15(3)28-27(35-24)29-21(17-12-10-16(5-2)11-13-17)20-22(30)18-8-6-7-9-19(18)34-23(20)25(29)31/h4,6-13,21H,1,5,14H2,2-3H3/t21-/m1/s1. The minimum atomic E-state index is -0.744. The van der Waals surface area contributed by atoms with Crippen molar-refractivity contribution in [3.8, 4) is 0 Å². The highest BCUT2D eigenvalue weighted by Crippen LogP contribution is 2.43. The van der Waals surface area contributed by atoms with Crippen LogP contribution in [0.2, 0.25) is 0 Å². The first-order valence-corrected chi connectivity index (χ1v) is 12.0. The maximum absolute atomic E-state index is 13.7. The number of benzene rings is 2. The van der Waals surface area contributed by atoms with Crippen molar-refractivity contribution in [2.24, 2.45) is 0 Å². The number of aryl methyl sites for hydroxylation is 2. The molecule has 1 amide bonds. The number of anilines is 1. The van der Waals surface area contributed by atoms with Crippen molar-refractivity contribution in [3.05, 3.63) is 104 Å². The Kier molecular flexibility index (Phi) is 5.82. The van der Waals surface area contributed by atoms with Gasteiger partial charge < -0.3 is 9.15 Å². The third-order valence-electron chi connectivity index (χ3n) is 5.99. The van der Waals surface area contributed by atoms with Gasteiger partial charge in [-0.1, -0.05) is 67.3 Å². The van der Waals surface area contributed by atoms with Crippen molar-refractivity contribution in [2.75, 3.05) is 11.5 Å². The van der Waals surface area contributed by atoms with Gasteiger partial charge in [0, 0.05) is 0 Å². The molecule has 0 bridgehead atoms. The Balaban J connectivity index is 1.70. The molecule has 1 aliphatic rings. The zero-order chi connectivity index (χ0) is 24.7. The predicted molar refractivity (Wildman–Crippen MR) is 134 cm³/mol. The Hall–Kier alpha value is -4.04. The van der Waals surface area contributed by atoms with Crippen LogP contribution in [-0.4, -0.2) is 23.5 Å². The zero-order valence-corrected chi connectivity index (χ0v) is 20.1. The van der Waals surface area contributed by atoms with Crippen LogP contribution < -0.4 is 10.3 Å². The van der Waals surface area contributed by atoms with Crippen LogP contribution in [0.4, 0.5) is 5.13 Å². The molecule has 0 saturated heterocycles. The van der Waals surface area contributed by atoms with Gasteiger partial charge in [0.15, 0.2) is 10.6 Å². The molecule has 7 nitrogen and oxygen atoms in total. The molecule has 2 aromatic carbocycles. The van der Waals surface area contributed by atoms with E-state index in [1.54, 1.807) is 31.2 Å². The minimum Gasteiger partial charge on any atom is -0.457 e. The third-order valence-corrected chi connectivity index (χ3v) is 7.13. The summed E-state index contributed by atoms with van der Waals surface area (Å²) in [5, 5.41) is 0.692. The number of ether oxygens (including phenoxy) is 1. The van der Waals surface area contributed by atoms with E-state index in [0.29, 0.717) is 16.7 Å². The number of carbonyl (C=O) groups is 2. The number of amides is 1. The summed E-state index contributed by atoms with van der Waals surface area (Å²) in [7, 11) is 0. The molecule has 0 unspecified atom stereocenters. The van der Waals surface area contributed by atoms with E-state index < -0.39 is 17.9 Å². The summed E-state index contributed by atoms with van der Waals surface area (Å²) in [5.74, 6) is -1.03. The second-order valence-electron chi connectivity index (χ2n) is 8.14. The molecule has 3 heterocycles. The lowest BCUT2D eigenvalue weighted by Gasteiger charge is -2.22. The summed E-state index contributed by atoms with van der Waals surface area (Å²) >= 11 is 1.05. The lowest BCUT2D eigenvalue weighted by atomic mass is 9.97. The number of esters is 1. The number of nitrogens with zero attached hydrogens (tertiary/aromatic N) is 2. The number of hydrogen-bond acceptors (Lipinski definition) is 7. The van der Waals surface area contributed by atoms with Crippen molar-refractivity contribution in [1.29, 1.82) is 0 Å². The third kappa shape index (κ3) is 3.76. The van der Waals surface area contributed by atoms with Gasteiger partial charge >= 0.3 is 5.97 Å². The molecule has 0 radical (unpaired) electrons. The van der Waals surface area contributed by atoms with Crippen LogP contribution in [0.5, 0.6) is 0 Å². The molecule has 2 aromatic heterocycles. The number of carbonyl (C=O) groups excluding carboxylic acids is 2. The summed E-state index contributed by atoms with van der Waals surface area (Å²) in [6.45, 7) is 7.36. The van der Waals surface area contributed by atoms with Gasteiger partial charge in [0.2, 0.25) is 5.76 Å². The fraction of sp³-hybridized carbons (Fsp3) is 0.185. The Labute approximate surface area is 205 Å². The molecule has 5 rings (SSSR count). The maximum Gasteiger partial charge on any atom is 0.350 e. The molecular weight excluding hydrogens is 464 g/mol. The Morgan fingerprint density at radius 1 is 1.20 bits per heavy atom. The monoisotopic (exact) mass is 486 g/mol. The maximum atomic E-state index is 13.7. The Bertz CT molecular complexity index is 1530. The first-order valence-electron chi connectivity index (χ1n) is 11.2. The fourth-order valence-corrected chi connectivity index (χ4v) is 5.23. The second-order valence-corrected chi connectivity index (χ2v) is 9.12. The van der Waals surface area contributed by atoms with Gasteiger partial charge in [0.25, 0.3) is 5.91 Å². The highest BCUT2D eigenvalue weighted by Gasteiger charge is 2.45. The van der Waals surface area contributed by atoms with E-state index in [1.807, 2.05) is 24.3 Å². The smallest absolute Gasteiger partial charge is 0.350 e. The van der Waals surface area contributed by atoms with Crippen LogP contribution >= 0.6 is 11.3 Å². The summed E-state index contributed by atoms with van der Waals surface area (Å²) < 4.78 is 11.1. The topological polar surface area (TPSA) is 89.7 Å². The van der Waals surface area contributed by atoms with Crippen LogP contribution in [0, 0.1) is 6.92 Å². The van der Waals surface area contributed by atoms with Crippen molar-refractivity contribution in [3.63, 3.8) is 0 Å². The van der Waals surface area contributed by atoms with Crippen molar-refractivity contribution < 1.29 is 18.7 Å². The van der Waals surface area contributed by atoms with Gasteiger partial charge in [-0.25, -0.2) is 9.78 Å². The molecule has 0 N–H and O–H groups in total. The lowest BCUT2D eigenvalue weighted by molar-refractivity contribution is 0.0554. The largest absolute Gasteiger partial charge is 0.457 e. The first-order chi connectivity index (χ1) is 16.9. The molecule has 1 aliphatic heterocycles. The molecule has 0 spiro atoms. The SMILES string of the molecule is C=CCOC(=O)c1sc(N2C(=O)c3oc4ccccc4c(=O)c3[C@H]2c2ccc(CC)cc2)nc1C. The van der Waals surface area contributed by atoms with E-state index >= 15 is 0 Å². The first kappa shape index (κ1) is 22.7. The summed E-state index contributed by atoms with van der Waals surface area (Å²) in [6.07, 6.45) is 2.34. The van der Waals surface area contributed by atoms with Crippen molar-refractivity contribution >= 4 is 39.3 Å². The number of thiazole rings is 1. The van der Waals surface area contributed by atoms with Gasteiger partial charge in [-0.3, -0.25) is 14.5 Å². The predicted octanol–water partition coefficient (Wildman–Crippen LogP) is 5.21. The minimum absolute atomic E-state index is 0.0121. The van der Waals surface area contributed by atoms with E-state index in [4.69, 9.17) is 9.15 Å². The quantitative estimate of drug-likeness (QED) is 0.274. The fourth-order valence-electron chi connectivity index (χ4n) is 4.24. The summed E-state index contributed by atoms with van der Waals surface area (Å²) in [6, 6.07) is 13.9. The van der Waals surface area contributed by atoms with Gasteiger partial charge in [0.05, 0.1) is 22.7 Å². The molecule has 0 aliphatic carbocycles. The molecule has 1 atom stereocenters. The van der Waals surface area contributed by atoms with Gasteiger partial charge in [0.1, 0.15) is 17.1 Å². The van der Waals surface area contributed by atoms with Crippen molar-refractivity contribution in [1.82, 2.24) is 4.98 Å². The Morgan fingerprint density at radius 2 is 1.94 bits per heavy atom. The van der Waals surface area contributed by atoms with Crippen molar-refractivity contribution in [2.45, 2.75) is 26.3 Å². The van der Waals surface area contributed by atoms with E-state index in [0.717, 1.165) is 28.9 Å². The number of para-hydroxylation sites is 1. The summed E-state index contributed by atoms with van der Waals surface area (Å²) in [5.41, 5.74) is 2.67. The second kappa shape index (κ2) is 8.96. The number of rotatable bonds is 6. The average Bonchev–Trinajstić information content (AvgIpc) is 3.40.